The van der Waals surface area contributed by atoms with Crippen LogP contribution in [-0.2, 0) is 21.3 Å². The van der Waals surface area contributed by atoms with Gasteiger partial charge in [0.15, 0.2) is 0 Å². The number of nitrogens with one attached hydrogen (secondary N) is 1. The normalized spacial score (nSPS) is 12.0. The maximum absolute atomic E-state index is 12.5. The smallest absolute Gasteiger partial charge is 0.410 e. The fourth-order valence-corrected chi connectivity index (χ4v) is 4.67. The van der Waals surface area contributed by atoms with Gasteiger partial charge in [0, 0.05) is 30.8 Å². The van der Waals surface area contributed by atoms with Crippen LogP contribution in [0.25, 0.3) is 16.6 Å². The molecule has 0 aliphatic rings. The van der Waals surface area contributed by atoms with Crippen molar-refractivity contribution in [2.24, 2.45) is 0 Å². The second-order valence-corrected chi connectivity index (χ2v) is 11.3. The van der Waals surface area contributed by atoms with Crippen LogP contribution < -0.4 is 9.46 Å². The molecule has 2 aromatic heterocycles. The number of pyridine rings is 1. The van der Waals surface area contributed by atoms with E-state index in [2.05, 4.69) is 9.71 Å². The number of amides is 1. The van der Waals surface area contributed by atoms with Crippen LogP contribution in [0.15, 0.2) is 30.5 Å². The highest BCUT2D eigenvalue weighted by atomic mass is 35.5. The molecule has 3 rings (SSSR count). The van der Waals surface area contributed by atoms with Crippen LogP contribution in [0.5, 0.6) is 5.75 Å². The Kier molecular flexibility index (Phi) is 7.80. The van der Waals surface area contributed by atoms with Crippen molar-refractivity contribution < 1.29 is 22.7 Å². The lowest BCUT2D eigenvalue weighted by atomic mass is 10.2. The Labute approximate surface area is 210 Å². The summed E-state index contributed by atoms with van der Waals surface area (Å²) in [4.78, 5) is 18.1. The van der Waals surface area contributed by atoms with Gasteiger partial charge in [-0.15, -0.1) is 0 Å². The first-order valence-corrected chi connectivity index (χ1v) is 13.0. The number of nitrogens with zero attached hydrogens (tertiary/aromatic N) is 4. The summed E-state index contributed by atoms with van der Waals surface area (Å²) in [6, 6.07) is 6.59. The number of sulfonamides is 1. The molecule has 0 saturated heterocycles. The van der Waals surface area contributed by atoms with E-state index in [0.29, 0.717) is 40.1 Å². The minimum Gasteiger partial charge on any atom is -0.494 e. The number of aromatic nitrogens is 3. The lowest BCUT2D eigenvalue weighted by Gasteiger charge is -2.24. The number of hydrogen-bond acceptors (Lipinski definition) is 7. The Hall–Kier alpha value is -3.05. The summed E-state index contributed by atoms with van der Waals surface area (Å²) in [5.41, 5.74) is 1.53. The van der Waals surface area contributed by atoms with Crippen molar-refractivity contribution >= 4 is 44.3 Å². The molecule has 10 nitrogen and oxygen atoms in total. The van der Waals surface area contributed by atoms with Gasteiger partial charge >= 0.3 is 6.09 Å². The zero-order chi connectivity index (χ0) is 26.0. The number of carbonyl (C=O) groups excluding carboxylic acids is 1. The molecule has 1 amide bonds. The van der Waals surface area contributed by atoms with E-state index in [1.54, 1.807) is 69.9 Å². The minimum atomic E-state index is -3.46. The van der Waals surface area contributed by atoms with Crippen molar-refractivity contribution in [3.63, 3.8) is 0 Å². The fraction of sp³-hybridized carbons (Fsp3) is 0.435. The Morgan fingerprint density at radius 2 is 1.97 bits per heavy atom. The highest BCUT2D eigenvalue weighted by Crippen LogP contribution is 2.32. The maximum atomic E-state index is 12.5. The van der Waals surface area contributed by atoms with Crippen LogP contribution in [0.2, 0.25) is 5.15 Å². The van der Waals surface area contributed by atoms with Gasteiger partial charge in [-0.1, -0.05) is 18.5 Å². The predicted molar refractivity (Wildman–Crippen MR) is 136 cm³/mol. The first kappa shape index (κ1) is 26.6. The molecule has 12 heteroatoms. The zero-order valence-electron chi connectivity index (χ0n) is 20.6. The molecule has 0 fully saturated rings. The van der Waals surface area contributed by atoms with Crippen LogP contribution in [0.1, 0.15) is 39.8 Å². The third kappa shape index (κ3) is 6.55. The summed E-state index contributed by atoms with van der Waals surface area (Å²) in [7, 11) is -0.349. The molecule has 0 radical (unpaired) electrons. The van der Waals surface area contributed by atoms with E-state index >= 15 is 0 Å². The number of methoxy groups -OCH3 is 1. The number of anilines is 1. The lowest BCUT2D eigenvalue weighted by molar-refractivity contribution is 0.0283. The van der Waals surface area contributed by atoms with E-state index in [-0.39, 0.29) is 17.5 Å². The summed E-state index contributed by atoms with van der Waals surface area (Å²) in [5, 5.41) is 5.68. The van der Waals surface area contributed by atoms with Crippen molar-refractivity contribution in [1.82, 2.24) is 19.7 Å². The van der Waals surface area contributed by atoms with Gasteiger partial charge in [0.05, 0.1) is 36.3 Å². The highest BCUT2D eigenvalue weighted by Gasteiger charge is 2.23. The molecule has 0 aliphatic carbocycles. The summed E-state index contributed by atoms with van der Waals surface area (Å²) in [6.07, 6.45) is 1.61. The van der Waals surface area contributed by atoms with Gasteiger partial charge in [0.2, 0.25) is 10.0 Å². The van der Waals surface area contributed by atoms with Gasteiger partial charge in [0.1, 0.15) is 22.2 Å². The second-order valence-electron chi connectivity index (χ2n) is 9.03. The molecule has 1 aromatic carbocycles. The van der Waals surface area contributed by atoms with Crippen molar-refractivity contribution in [1.29, 1.82) is 0 Å². The molecule has 0 aliphatic heterocycles. The zero-order valence-corrected chi connectivity index (χ0v) is 22.2. The molecular weight excluding hydrogens is 494 g/mol. The van der Waals surface area contributed by atoms with Gasteiger partial charge < -0.3 is 14.4 Å². The number of hydrogen-bond donors (Lipinski definition) is 1. The van der Waals surface area contributed by atoms with Crippen molar-refractivity contribution in [2.45, 2.75) is 46.3 Å². The van der Waals surface area contributed by atoms with Gasteiger partial charge in [-0.05, 0) is 39.3 Å². The standard InChI is InChI=1S/C23H30ClN5O5S/c1-7-10-35(31,32)27-15-8-9-18(20(11-15)33-6)29-19-12-21(24)25-13-16(19)17(26-29)14-28(5)22(30)34-23(2,3)4/h8-9,11-13,27H,7,10,14H2,1-6H3. The van der Waals surface area contributed by atoms with Crippen molar-refractivity contribution in [3.8, 4) is 11.4 Å². The fourth-order valence-electron chi connectivity index (χ4n) is 3.39. The first-order chi connectivity index (χ1) is 16.3. The van der Waals surface area contributed by atoms with Gasteiger partial charge in [0.25, 0.3) is 0 Å². The van der Waals surface area contributed by atoms with Crippen LogP contribution in [0.4, 0.5) is 10.5 Å². The topological polar surface area (TPSA) is 116 Å². The Morgan fingerprint density at radius 1 is 1.26 bits per heavy atom. The van der Waals surface area contributed by atoms with Crippen LogP contribution >= 0.6 is 11.6 Å². The Balaban J connectivity index is 2.03. The summed E-state index contributed by atoms with van der Waals surface area (Å²) in [6.45, 7) is 7.36. The largest absolute Gasteiger partial charge is 0.494 e. The van der Waals surface area contributed by atoms with Gasteiger partial charge in [-0.3, -0.25) is 4.72 Å². The average molecular weight is 524 g/mol. The summed E-state index contributed by atoms with van der Waals surface area (Å²) >= 11 is 6.17. The second kappa shape index (κ2) is 10.3. The van der Waals surface area contributed by atoms with Crippen LogP contribution in [0, 0.1) is 0 Å². The van der Waals surface area contributed by atoms with Gasteiger partial charge in [-0.25, -0.2) is 22.9 Å². The van der Waals surface area contributed by atoms with E-state index in [0.717, 1.165) is 0 Å². The number of benzene rings is 1. The number of ether oxygens (including phenoxy) is 2. The third-order valence-electron chi connectivity index (χ3n) is 4.85. The maximum Gasteiger partial charge on any atom is 0.410 e. The first-order valence-electron chi connectivity index (χ1n) is 11.0. The van der Waals surface area contributed by atoms with Crippen LogP contribution in [0.3, 0.4) is 0 Å². The molecule has 0 unspecified atom stereocenters. The molecule has 0 atom stereocenters. The number of fused-ring (bicyclic) bond motifs is 1. The quantitative estimate of drug-likeness (QED) is 0.429. The third-order valence-corrected chi connectivity index (χ3v) is 6.55. The Morgan fingerprint density at radius 3 is 2.60 bits per heavy atom. The van der Waals surface area contributed by atoms with Gasteiger partial charge in [-0.2, -0.15) is 5.10 Å². The molecule has 0 saturated carbocycles. The SMILES string of the molecule is CCCS(=O)(=O)Nc1ccc(-n2nc(CN(C)C(=O)OC(C)(C)C)c3cnc(Cl)cc32)c(OC)c1. The monoisotopic (exact) mass is 523 g/mol. The molecule has 2 heterocycles. The molecule has 3 aromatic rings. The Bertz CT molecular complexity index is 1330. The molecule has 190 valence electrons. The van der Waals surface area contributed by atoms with Crippen LogP contribution in [-0.4, -0.2) is 59.7 Å². The molecule has 0 bridgehead atoms. The molecular formula is C23H30ClN5O5S. The van der Waals surface area contributed by atoms with Crippen molar-refractivity contribution in [2.75, 3.05) is 24.6 Å². The van der Waals surface area contributed by atoms with E-state index in [4.69, 9.17) is 26.2 Å². The van der Waals surface area contributed by atoms with E-state index in [1.165, 1.54) is 12.0 Å². The molecule has 35 heavy (non-hydrogen) atoms. The summed E-state index contributed by atoms with van der Waals surface area (Å²) in [5.74, 6) is 0.409. The van der Waals surface area contributed by atoms with E-state index < -0.39 is 21.7 Å². The number of carbonyl (C=O) groups is 1. The molecule has 1 N–H and O–H groups in total. The predicted octanol–water partition coefficient (Wildman–Crippen LogP) is 4.60. The minimum absolute atomic E-state index is 0.0148. The highest BCUT2D eigenvalue weighted by molar-refractivity contribution is 7.92. The lowest BCUT2D eigenvalue weighted by Crippen LogP contribution is -2.34. The molecule has 0 spiro atoms. The van der Waals surface area contributed by atoms with Crippen molar-refractivity contribution in [3.05, 3.63) is 41.3 Å². The number of rotatable bonds is 8. The van der Waals surface area contributed by atoms with E-state index in [9.17, 15) is 13.2 Å². The number of halogens is 1. The average Bonchev–Trinajstić information content (AvgIpc) is 3.09. The van der Waals surface area contributed by atoms with E-state index in [1.807, 2.05) is 0 Å². The summed E-state index contributed by atoms with van der Waals surface area (Å²) < 4.78 is 39.5.